The predicted molar refractivity (Wildman–Crippen MR) is 86.0 cm³/mol. The Balaban J connectivity index is 0.00000176. The van der Waals surface area contributed by atoms with Crippen molar-refractivity contribution in [3.05, 3.63) is 48.3 Å². The molecule has 1 atom stereocenters. The zero-order valence-electron chi connectivity index (χ0n) is 13.3. The number of hydrogen-bond acceptors (Lipinski definition) is 2. The lowest BCUT2D eigenvalue weighted by Gasteiger charge is -2.22. The molecule has 0 aromatic carbocycles. The molecule has 0 radical (unpaired) electrons. The van der Waals surface area contributed by atoms with E-state index in [9.17, 15) is 4.79 Å². The van der Waals surface area contributed by atoms with E-state index in [1.54, 1.807) is 0 Å². The van der Waals surface area contributed by atoms with Crippen LogP contribution in [-0.2, 0) is 9.53 Å². The molecule has 0 N–H and O–H groups in total. The molecule has 2 heterocycles. The molecule has 0 aromatic rings. The van der Waals surface area contributed by atoms with Crippen LogP contribution in [0.4, 0.5) is 4.70 Å². The highest BCUT2D eigenvalue weighted by Crippen LogP contribution is 2.41. The van der Waals surface area contributed by atoms with Crippen molar-refractivity contribution in [1.29, 1.82) is 0 Å². The van der Waals surface area contributed by atoms with Gasteiger partial charge in [0.25, 0.3) is 0 Å². The van der Waals surface area contributed by atoms with Gasteiger partial charge < -0.3 is 9.64 Å². The third-order valence-corrected chi connectivity index (χ3v) is 4.67. The summed E-state index contributed by atoms with van der Waals surface area (Å²) in [5, 5.41) is 0. The van der Waals surface area contributed by atoms with Gasteiger partial charge in [-0.3, -0.25) is 9.50 Å². The Morgan fingerprint density at radius 2 is 2.23 bits per heavy atom. The van der Waals surface area contributed by atoms with Crippen molar-refractivity contribution >= 4 is 5.91 Å². The molecular weight excluding hydrogens is 281 g/mol. The number of nitrogens with zero attached hydrogens (tertiary/aromatic N) is 1. The highest BCUT2D eigenvalue weighted by atomic mass is 19.0. The third kappa shape index (κ3) is 3.01. The number of likely N-dealkylation sites (tertiary alicyclic amines) is 1. The lowest BCUT2D eigenvalue weighted by molar-refractivity contribution is -0.125. The van der Waals surface area contributed by atoms with Crippen LogP contribution in [0.15, 0.2) is 48.3 Å². The number of carbonyl (C=O) groups is 1. The van der Waals surface area contributed by atoms with Crippen molar-refractivity contribution in [1.82, 2.24) is 4.90 Å². The van der Waals surface area contributed by atoms with Crippen LogP contribution in [0, 0.1) is 10.8 Å². The zero-order chi connectivity index (χ0) is 15.1. The van der Waals surface area contributed by atoms with Crippen molar-refractivity contribution in [2.75, 3.05) is 19.7 Å². The average Bonchev–Trinajstić information content (AvgIpc) is 3.06. The second-order valence-corrected chi connectivity index (χ2v) is 7.06. The summed E-state index contributed by atoms with van der Waals surface area (Å²) in [5.74, 6) is 1.00. The van der Waals surface area contributed by atoms with Crippen LogP contribution in [0.3, 0.4) is 0 Å². The van der Waals surface area contributed by atoms with E-state index < -0.39 is 0 Å². The first-order valence-corrected chi connectivity index (χ1v) is 7.60. The number of rotatable bonds is 2. The Morgan fingerprint density at radius 3 is 2.86 bits per heavy atom. The molecular formula is C18H24FNO2. The fourth-order valence-corrected chi connectivity index (χ4v) is 3.21. The van der Waals surface area contributed by atoms with E-state index in [0.29, 0.717) is 6.61 Å². The van der Waals surface area contributed by atoms with E-state index in [0.717, 1.165) is 31.7 Å². The van der Waals surface area contributed by atoms with Gasteiger partial charge in [0.2, 0.25) is 5.91 Å². The Morgan fingerprint density at radius 1 is 1.45 bits per heavy atom. The summed E-state index contributed by atoms with van der Waals surface area (Å²) in [7, 11) is 0. The molecule has 1 spiro atoms. The van der Waals surface area contributed by atoms with E-state index >= 15 is 0 Å². The number of carbonyl (C=O) groups excluding carboxylic acids is 1. The summed E-state index contributed by atoms with van der Waals surface area (Å²) in [6.45, 7) is 10.2. The van der Waals surface area contributed by atoms with Crippen LogP contribution in [0.1, 0.15) is 26.7 Å². The Kier molecular flexibility index (Phi) is 4.32. The first-order chi connectivity index (χ1) is 9.93. The smallest absolute Gasteiger partial charge is 0.245 e. The molecule has 2 aliphatic heterocycles. The number of ether oxygens (including phenoxy) is 1. The third-order valence-electron chi connectivity index (χ3n) is 4.67. The van der Waals surface area contributed by atoms with Crippen LogP contribution in [0.25, 0.3) is 0 Å². The molecule has 0 saturated carbocycles. The van der Waals surface area contributed by atoms with Crippen molar-refractivity contribution in [2.24, 2.45) is 10.8 Å². The van der Waals surface area contributed by atoms with Gasteiger partial charge in [-0.1, -0.05) is 38.7 Å². The van der Waals surface area contributed by atoms with Gasteiger partial charge in [0.1, 0.15) is 5.76 Å². The molecule has 3 rings (SSSR count). The molecule has 1 amide bonds. The molecule has 0 bridgehead atoms. The highest BCUT2D eigenvalue weighted by Gasteiger charge is 2.42. The van der Waals surface area contributed by atoms with Gasteiger partial charge in [0.05, 0.1) is 6.61 Å². The minimum atomic E-state index is -0.00432. The number of allylic oxidation sites excluding steroid dienone is 3. The normalized spacial score (nSPS) is 28.7. The van der Waals surface area contributed by atoms with Crippen LogP contribution in [0.5, 0.6) is 0 Å². The molecule has 3 nitrogen and oxygen atoms in total. The van der Waals surface area contributed by atoms with Gasteiger partial charge in [-0.15, -0.1) is 0 Å². The molecule has 1 fully saturated rings. The van der Waals surface area contributed by atoms with Crippen LogP contribution in [0.2, 0.25) is 0 Å². The molecule has 3 aliphatic rings. The largest absolute Gasteiger partial charge is 0.492 e. The van der Waals surface area contributed by atoms with E-state index in [1.807, 2.05) is 4.90 Å². The second-order valence-electron chi connectivity index (χ2n) is 7.06. The van der Waals surface area contributed by atoms with E-state index in [1.165, 1.54) is 11.6 Å². The molecule has 0 aromatic heterocycles. The first kappa shape index (κ1) is 16.5. The maximum atomic E-state index is 11.7. The summed E-state index contributed by atoms with van der Waals surface area (Å²) in [5.41, 5.74) is 1.41. The Labute approximate surface area is 131 Å². The fourth-order valence-electron chi connectivity index (χ4n) is 3.21. The van der Waals surface area contributed by atoms with E-state index in [2.05, 4.69) is 44.7 Å². The van der Waals surface area contributed by atoms with Crippen LogP contribution >= 0.6 is 0 Å². The van der Waals surface area contributed by atoms with Crippen LogP contribution < -0.4 is 0 Å². The SMILES string of the molecule is C=CC(=O)N1CCC2(C=C(C3=CCC(C)(C)C=C3)OC2)C1.F. The monoisotopic (exact) mass is 305 g/mol. The molecule has 1 unspecified atom stereocenters. The second kappa shape index (κ2) is 5.75. The summed E-state index contributed by atoms with van der Waals surface area (Å²) < 4.78 is 5.94. The minimum Gasteiger partial charge on any atom is -0.492 e. The Hall–Kier alpha value is -1.84. The standard InChI is InChI=1S/C18H23NO2.FH/c1-4-16(20)19-10-9-18(12-19)11-15(21-13-18)14-5-7-17(2,3)8-6-14;/h4-7,11H,1,8-10,12-13H2,2-3H3;1H. The maximum absolute atomic E-state index is 11.7. The summed E-state index contributed by atoms with van der Waals surface area (Å²) in [6, 6.07) is 0. The van der Waals surface area contributed by atoms with Crippen molar-refractivity contribution in [3.63, 3.8) is 0 Å². The lowest BCUT2D eigenvalue weighted by Crippen LogP contribution is -2.30. The number of hydrogen-bond donors (Lipinski definition) is 0. The van der Waals surface area contributed by atoms with E-state index in [-0.39, 0.29) is 21.4 Å². The van der Waals surface area contributed by atoms with Gasteiger partial charge in [0, 0.05) is 24.1 Å². The summed E-state index contributed by atoms with van der Waals surface area (Å²) in [4.78, 5) is 13.6. The van der Waals surface area contributed by atoms with E-state index in [4.69, 9.17) is 4.74 Å². The van der Waals surface area contributed by atoms with Gasteiger partial charge in [-0.25, -0.2) is 0 Å². The summed E-state index contributed by atoms with van der Waals surface area (Å²) in [6.07, 6.45) is 12.3. The fraction of sp³-hybridized carbons (Fsp3) is 0.500. The minimum absolute atomic E-state index is 0. The maximum Gasteiger partial charge on any atom is 0.245 e. The quantitative estimate of drug-likeness (QED) is 0.732. The molecule has 1 aliphatic carbocycles. The topological polar surface area (TPSA) is 29.5 Å². The average molecular weight is 305 g/mol. The van der Waals surface area contributed by atoms with Gasteiger partial charge >= 0.3 is 0 Å². The summed E-state index contributed by atoms with van der Waals surface area (Å²) >= 11 is 0. The van der Waals surface area contributed by atoms with Crippen molar-refractivity contribution < 1.29 is 14.2 Å². The first-order valence-electron chi connectivity index (χ1n) is 7.60. The van der Waals surface area contributed by atoms with Crippen molar-refractivity contribution in [3.8, 4) is 0 Å². The molecule has 22 heavy (non-hydrogen) atoms. The number of amides is 1. The molecule has 1 saturated heterocycles. The molecule has 120 valence electrons. The zero-order valence-corrected chi connectivity index (χ0v) is 13.3. The number of halogens is 1. The van der Waals surface area contributed by atoms with Crippen molar-refractivity contribution in [2.45, 2.75) is 26.7 Å². The Bertz CT molecular complexity index is 574. The van der Waals surface area contributed by atoms with Crippen LogP contribution in [-0.4, -0.2) is 30.5 Å². The van der Waals surface area contributed by atoms with Gasteiger partial charge in [-0.05, 0) is 30.4 Å². The van der Waals surface area contributed by atoms with Gasteiger partial charge in [-0.2, -0.15) is 0 Å². The lowest BCUT2D eigenvalue weighted by atomic mass is 9.83. The predicted octanol–water partition coefficient (Wildman–Crippen LogP) is 3.37. The molecule has 4 heteroatoms. The highest BCUT2D eigenvalue weighted by molar-refractivity contribution is 5.87. The van der Waals surface area contributed by atoms with Gasteiger partial charge in [0.15, 0.2) is 0 Å².